The maximum absolute atomic E-state index is 11.3. The van der Waals surface area contributed by atoms with Crippen LogP contribution in [-0.2, 0) is 16.6 Å². The number of hydrogen-bond donors (Lipinski definition) is 2. The third kappa shape index (κ3) is 5.10. The third-order valence-electron chi connectivity index (χ3n) is 3.69. The second kappa shape index (κ2) is 7.87. The van der Waals surface area contributed by atoms with Gasteiger partial charge in [0, 0.05) is 36.0 Å². The van der Waals surface area contributed by atoms with Crippen molar-refractivity contribution >= 4 is 39.1 Å². The Kier molecular flexibility index (Phi) is 6.35. The highest BCUT2D eigenvalue weighted by Crippen LogP contribution is 2.25. The van der Waals surface area contributed by atoms with Crippen molar-refractivity contribution in [2.24, 2.45) is 16.0 Å². The molecule has 0 aromatic carbocycles. The van der Waals surface area contributed by atoms with E-state index in [9.17, 15) is 8.42 Å². The molecule has 1 atom stereocenters. The number of aliphatic imine (C=N–C) groups is 1. The first-order valence-electron chi connectivity index (χ1n) is 7.50. The van der Waals surface area contributed by atoms with Crippen LogP contribution < -0.4 is 10.5 Å². The molecule has 0 radical (unpaired) electrons. The maximum Gasteiger partial charge on any atom is 0.247 e. The smallest absolute Gasteiger partial charge is 0.247 e. The predicted octanol–water partition coefficient (Wildman–Crippen LogP) is 1.54. The third-order valence-corrected chi connectivity index (χ3v) is 7.75. The molecule has 130 valence electrons. The van der Waals surface area contributed by atoms with Crippen molar-refractivity contribution in [3.63, 3.8) is 0 Å². The van der Waals surface area contributed by atoms with Crippen molar-refractivity contribution in [2.75, 3.05) is 25.9 Å². The topological polar surface area (TPSA) is 87.8 Å². The highest BCUT2D eigenvalue weighted by Gasteiger charge is 2.24. The van der Waals surface area contributed by atoms with E-state index in [-0.39, 0.29) is 4.21 Å². The summed E-state index contributed by atoms with van der Waals surface area (Å²) in [6, 6.07) is 3.33. The summed E-state index contributed by atoms with van der Waals surface area (Å²) in [6.45, 7) is 6.99. The lowest BCUT2D eigenvalue weighted by Crippen LogP contribution is -2.48. The molecule has 0 amide bonds. The van der Waals surface area contributed by atoms with E-state index in [4.69, 9.17) is 5.14 Å². The first-order valence-corrected chi connectivity index (χ1v) is 10.9. The van der Waals surface area contributed by atoms with Crippen LogP contribution >= 0.6 is 23.1 Å². The highest BCUT2D eigenvalue weighted by atomic mass is 32.2. The van der Waals surface area contributed by atoms with Gasteiger partial charge in [0.2, 0.25) is 10.0 Å². The van der Waals surface area contributed by atoms with Crippen LogP contribution in [0.25, 0.3) is 0 Å². The van der Waals surface area contributed by atoms with Crippen LogP contribution in [0.2, 0.25) is 0 Å². The fraction of sp³-hybridized carbons (Fsp3) is 0.643. The molecule has 1 aromatic rings. The van der Waals surface area contributed by atoms with Crippen molar-refractivity contribution in [1.82, 2.24) is 10.2 Å². The largest absolute Gasteiger partial charge is 0.351 e. The summed E-state index contributed by atoms with van der Waals surface area (Å²) in [4.78, 5) is 7.55. The number of thioether (sulfide) groups is 1. The van der Waals surface area contributed by atoms with Crippen LogP contribution in [0, 0.1) is 5.92 Å². The molecule has 1 fully saturated rings. The van der Waals surface area contributed by atoms with Gasteiger partial charge in [-0.3, -0.25) is 4.99 Å². The Morgan fingerprint density at radius 3 is 2.83 bits per heavy atom. The molecule has 23 heavy (non-hydrogen) atoms. The van der Waals surface area contributed by atoms with Crippen LogP contribution in [-0.4, -0.2) is 50.4 Å². The molecule has 2 heterocycles. The Bertz CT molecular complexity index is 655. The van der Waals surface area contributed by atoms with Gasteiger partial charge in [0.05, 0.1) is 6.54 Å². The summed E-state index contributed by atoms with van der Waals surface area (Å²) in [5.74, 6) is 2.59. The van der Waals surface area contributed by atoms with Crippen molar-refractivity contribution < 1.29 is 8.42 Å². The molecule has 9 heteroatoms. The number of nitrogens with zero attached hydrogens (tertiary/aromatic N) is 2. The lowest BCUT2D eigenvalue weighted by molar-refractivity contribution is 0.381. The average molecular weight is 377 g/mol. The van der Waals surface area contributed by atoms with Crippen molar-refractivity contribution in [2.45, 2.75) is 29.9 Å². The monoisotopic (exact) mass is 376 g/mol. The normalized spacial score (nSPS) is 20.1. The van der Waals surface area contributed by atoms with Gasteiger partial charge in [0.25, 0.3) is 0 Å². The number of nitrogens with one attached hydrogen (secondary N) is 1. The number of hydrogen-bond acceptors (Lipinski definition) is 5. The fourth-order valence-electron chi connectivity index (χ4n) is 2.38. The Labute approximate surface area is 146 Å². The van der Waals surface area contributed by atoms with Gasteiger partial charge in [-0.25, -0.2) is 13.6 Å². The number of rotatable bonds is 4. The number of nitrogens with two attached hydrogens (primary N) is 1. The molecule has 0 saturated carbocycles. The summed E-state index contributed by atoms with van der Waals surface area (Å²) >= 11 is 3.21. The highest BCUT2D eigenvalue weighted by molar-refractivity contribution is 8.00. The Hall–Kier alpha value is -0.770. The summed E-state index contributed by atoms with van der Waals surface area (Å²) < 4.78 is 22.8. The maximum atomic E-state index is 11.3. The standard InChI is InChI=1S/C14H24N4O2S3/c1-10(2)12-9-18(6-7-21-12)14(16-3)17-8-11-4-5-13(22-11)23(15,19)20/h4-5,10,12H,6-9H2,1-3H3,(H,16,17)(H2,15,19,20). The van der Waals surface area contributed by atoms with E-state index in [0.717, 1.165) is 29.7 Å². The summed E-state index contributed by atoms with van der Waals surface area (Å²) in [5, 5.41) is 9.07. The summed E-state index contributed by atoms with van der Waals surface area (Å²) in [6.07, 6.45) is 0. The molecule has 2 rings (SSSR count). The van der Waals surface area contributed by atoms with E-state index < -0.39 is 10.0 Å². The Balaban J connectivity index is 1.96. The van der Waals surface area contributed by atoms with Gasteiger partial charge in [0.1, 0.15) is 4.21 Å². The van der Waals surface area contributed by atoms with Crippen molar-refractivity contribution in [1.29, 1.82) is 0 Å². The van der Waals surface area contributed by atoms with Crippen molar-refractivity contribution in [3.05, 3.63) is 17.0 Å². The van der Waals surface area contributed by atoms with Gasteiger partial charge >= 0.3 is 0 Å². The second-order valence-electron chi connectivity index (χ2n) is 5.77. The molecule has 6 nitrogen and oxygen atoms in total. The molecule has 1 aromatic heterocycles. The average Bonchev–Trinajstić information content (AvgIpc) is 2.97. The molecular weight excluding hydrogens is 352 g/mol. The summed E-state index contributed by atoms with van der Waals surface area (Å²) in [7, 11) is -1.84. The van der Waals surface area contributed by atoms with E-state index in [2.05, 4.69) is 29.1 Å². The van der Waals surface area contributed by atoms with Crippen molar-refractivity contribution in [3.8, 4) is 0 Å². The van der Waals surface area contributed by atoms with Gasteiger partial charge in [0.15, 0.2) is 5.96 Å². The van der Waals surface area contributed by atoms with Crippen LogP contribution in [0.5, 0.6) is 0 Å². The molecule has 1 saturated heterocycles. The minimum atomic E-state index is -3.62. The Morgan fingerprint density at radius 1 is 1.52 bits per heavy atom. The fourth-order valence-corrected chi connectivity index (χ4v) is 5.39. The number of primary sulfonamides is 1. The molecule has 0 spiro atoms. The number of thiophene rings is 1. The summed E-state index contributed by atoms with van der Waals surface area (Å²) in [5.41, 5.74) is 0. The molecule has 3 N–H and O–H groups in total. The van der Waals surface area contributed by atoms with Crippen LogP contribution in [0.4, 0.5) is 0 Å². The second-order valence-corrected chi connectivity index (χ2v) is 10.1. The molecule has 0 bridgehead atoms. The number of sulfonamides is 1. The molecule has 0 aliphatic carbocycles. The SMILES string of the molecule is CN=C(NCc1ccc(S(N)(=O)=O)s1)N1CCSC(C(C)C)C1. The Morgan fingerprint density at radius 2 is 2.26 bits per heavy atom. The minimum Gasteiger partial charge on any atom is -0.351 e. The van der Waals surface area contributed by atoms with E-state index in [0.29, 0.717) is 17.7 Å². The molecule has 1 unspecified atom stereocenters. The van der Waals surface area contributed by atoms with Crippen LogP contribution in [0.3, 0.4) is 0 Å². The molecule has 1 aliphatic rings. The van der Waals surface area contributed by atoms with Crippen LogP contribution in [0.1, 0.15) is 18.7 Å². The lowest BCUT2D eigenvalue weighted by atomic mass is 10.1. The van der Waals surface area contributed by atoms with E-state index >= 15 is 0 Å². The zero-order chi connectivity index (χ0) is 17.0. The zero-order valence-corrected chi connectivity index (χ0v) is 16.1. The predicted molar refractivity (Wildman–Crippen MR) is 98.5 cm³/mol. The minimum absolute atomic E-state index is 0.193. The molecule has 1 aliphatic heterocycles. The first kappa shape index (κ1) is 18.6. The van der Waals surface area contributed by atoms with E-state index in [1.54, 1.807) is 19.2 Å². The van der Waals surface area contributed by atoms with Gasteiger partial charge in [-0.05, 0) is 18.1 Å². The van der Waals surface area contributed by atoms with E-state index in [1.165, 1.54) is 11.3 Å². The van der Waals surface area contributed by atoms with Gasteiger partial charge in [-0.2, -0.15) is 11.8 Å². The van der Waals surface area contributed by atoms with Gasteiger partial charge in [-0.15, -0.1) is 11.3 Å². The van der Waals surface area contributed by atoms with Gasteiger partial charge < -0.3 is 10.2 Å². The molecular formula is C14H24N4O2S3. The zero-order valence-electron chi connectivity index (χ0n) is 13.7. The first-order chi connectivity index (χ1) is 10.8. The lowest BCUT2D eigenvalue weighted by Gasteiger charge is -2.36. The van der Waals surface area contributed by atoms with Gasteiger partial charge in [-0.1, -0.05) is 13.8 Å². The van der Waals surface area contributed by atoms with Crippen LogP contribution in [0.15, 0.2) is 21.3 Å². The van der Waals surface area contributed by atoms with E-state index in [1.807, 2.05) is 11.8 Å². The number of guanidine groups is 1. The quantitative estimate of drug-likeness (QED) is 0.615.